The fourth-order valence-corrected chi connectivity index (χ4v) is 6.01. The number of methoxy groups -OCH3 is 1. The summed E-state index contributed by atoms with van der Waals surface area (Å²) in [5.41, 5.74) is 2.96. The summed E-state index contributed by atoms with van der Waals surface area (Å²) in [7, 11) is 1.64. The molecule has 1 N–H and O–H groups in total. The first-order chi connectivity index (χ1) is 17.0. The van der Waals surface area contributed by atoms with Crippen molar-refractivity contribution in [1.29, 1.82) is 0 Å². The largest absolute Gasteiger partial charge is 0.497 e. The van der Waals surface area contributed by atoms with Gasteiger partial charge in [0.25, 0.3) is 11.8 Å². The standard InChI is InChI=1S/C29H30N2O3S/c1-19-8-3-5-12-24(19)30-28(32)21-14-15-27-25(17-21)31(18-20-9-7-10-22(16-20)34-2)29(33)23-11-4-6-13-26(23)35-27/h4,6-7,9-11,13-17,19,24H,3,5,8,12,18H2,1-2H3,(H,30,32)/t19-,24+/m0/s1. The molecule has 0 saturated heterocycles. The number of amides is 2. The number of nitrogens with zero attached hydrogens (tertiary/aromatic N) is 1. The summed E-state index contributed by atoms with van der Waals surface area (Å²) < 4.78 is 5.39. The lowest BCUT2D eigenvalue weighted by atomic mass is 9.86. The minimum atomic E-state index is -0.0768. The first-order valence-corrected chi connectivity index (χ1v) is 13.0. The monoisotopic (exact) mass is 486 g/mol. The molecule has 3 aromatic rings. The van der Waals surface area contributed by atoms with Crippen molar-refractivity contribution in [3.05, 3.63) is 83.4 Å². The van der Waals surface area contributed by atoms with Crippen LogP contribution in [0.15, 0.2) is 76.5 Å². The zero-order valence-corrected chi connectivity index (χ0v) is 20.9. The third-order valence-electron chi connectivity index (χ3n) is 7.00. The molecule has 0 radical (unpaired) electrons. The Balaban J connectivity index is 1.51. The van der Waals surface area contributed by atoms with Crippen LogP contribution >= 0.6 is 11.8 Å². The molecule has 1 fully saturated rings. The van der Waals surface area contributed by atoms with E-state index >= 15 is 0 Å². The van der Waals surface area contributed by atoms with Crippen molar-refractivity contribution in [3.63, 3.8) is 0 Å². The van der Waals surface area contributed by atoms with E-state index in [1.54, 1.807) is 23.8 Å². The summed E-state index contributed by atoms with van der Waals surface area (Å²) in [5, 5.41) is 3.25. The van der Waals surface area contributed by atoms with Gasteiger partial charge in [-0.15, -0.1) is 0 Å². The van der Waals surface area contributed by atoms with E-state index in [1.807, 2.05) is 66.7 Å². The highest BCUT2D eigenvalue weighted by atomic mass is 32.2. The van der Waals surface area contributed by atoms with E-state index < -0.39 is 0 Å². The summed E-state index contributed by atoms with van der Waals surface area (Å²) in [5.74, 6) is 1.07. The number of hydrogen-bond donors (Lipinski definition) is 1. The van der Waals surface area contributed by atoms with Crippen LogP contribution in [0.25, 0.3) is 0 Å². The maximum absolute atomic E-state index is 13.8. The first kappa shape index (κ1) is 23.5. The topological polar surface area (TPSA) is 58.6 Å². The van der Waals surface area contributed by atoms with Crippen molar-refractivity contribution < 1.29 is 14.3 Å². The van der Waals surface area contributed by atoms with Crippen LogP contribution in [0.4, 0.5) is 5.69 Å². The zero-order valence-electron chi connectivity index (χ0n) is 20.1. The average molecular weight is 487 g/mol. The van der Waals surface area contributed by atoms with Gasteiger partial charge in [-0.05, 0) is 66.8 Å². The van der Waals surface area contributed by atoms with E-state index in [2.05, 4.69) is 12.2 Å². The molecule has 2 amide bonds. The quantitative estimate of drug-likeness (QED) is 0.459. The van der Waals surface area contributed by atoms with Crippen LogP contribution in [0.5, 0.6) is 5.75 Å². The Hall–Kier alpha value is -3.25. The molecule has 5 nitrogen and oxygen atoms in total. The van der Waals surface area contributed by atoms with Crippen molar-refractivity contribution in [3.8, 4) is 5.75 Å². The van der Waals surface area contributed by atoms with Gasteiger partial charge in [0, 0.05) is 21.4 Å². The molecule has 1 heterocycles. The molecule has 2 atom stereocenters. The third kappa shape index (κ3) is 4.94. The van der Waals surface area contributed by atoms with Gasteiger partial charge in [0.05, 0.1) is 24.9 Å². The average Bonchev–Trinajstić information content (AvgIpc) is 2.99. The van der Waals surface area contributed by atoms with Crippen LogP contribution < -0.4 is 15.0 Å². The maximum Gasteiger partial charge on any atom is 0.259 e. The van der Waals surface area contributed by atoms with E-state index in [9.17, 15) is 9.59 Å². The highest BCUT2D eigenvalue weighted by Crippen LogP contribution is 2.42. The number of benzene rings is 3. The van der Waals surface area contributed by atoms with E-state index in [4.69, 9.17) is 4.74 Å². The minimum Gasteiger partial charge on any atom is -0.497 e. The zero-order chi connectivity index (χ0) is 24.4. The molecule has 5 rings (SSSR count). The number of hydrogen-bond acceptors (Lipinski definition) is 4. The van der Waals surface area contributed by atoms with E-state index in [-0.39, 0.29) is 17.9 Å². The normalized spacial score (nSPS) is 19.4. The van der Waals surface area contributed by atoms with Gasteiger partial charge >= 0.3 is 0 Å². The third-order valence-corrected chi connectivity index (χ3v) is 8.14. The highest BCUT2D eigenvalue weighted by molar-refractivity contribution is 7.99. The van der Waals surface area contributed by atoms with Gasteiger partial charge in [0.1, 0.15) is 5.75 Å². The van der Waals surface area contributed by atoms with Crippen molar-refractivity contribution in [2.24, 2.45) is 5.92 Å². The van der Waals surface area contributed by atoms with Gasteiger partial charge in [-0.3, -0.25) is 9.59 Å². The summed E-state index contributed by atoms with van der Waals surface area (Å²) in [4.78, 5) is 30.7. The van der Waals surface area contributed by atoms with Gasteiger partial charge in [-0.2, -0.15) is 0 Å². The fraction of sp³-hybridized carbons (Fsp3) is 0.310. The molecule has 3 aromatic carbocycles. The van der Waals surface area contributed by atoms with Gasteiger partial charge in [0.15, 0.2) is 0 Å². The molecule has 0 spiro atoms. The maximum atomic E-state index is 13.8. The number of rotatable bonds is 5. The molecule has 0 unspecified atom stereocenters. The molecular formula is C29H30N2O3S. The molecule has 6 heteroatoms. The Labute approximate surface area is 210 Å². The van der Waals surface area contributed by atoms with Gasteiger partial charge in [0.2, 0.25) is 0 Å². The molecule has 1 aliphatic carbocycles. The van der Waals surface area contributed by atoms with Crippen LogP contribution in [0.3, 0.4) is 0 Å². The number of carbonyl (C=O) groups excluding carboxylic acids is 2. The molecule has 35 heavy (non-hydrogen) atoms. The number of ether oxygens (including phenoxy) is 1. The first-order valence-electron chi connectivity index (χ1n) is 12.2. The lowest BCUT2D eigenvalue weighted by molar-refractivity contribution is 0.0908. The molecule has 0 bridgehead atoms. The van der Waals surface area contributed by atoms with Crippen LogP contribution in [0, 0.1) is 5.92 Å². The number of nitrogens with one attached hydrogen (secondary N) is 1. The number of fused-ring (bicyclic) bond motifs is 2. The predicted molar refractivity (Wildman–Crippen MR) is 139 cm³/mol. The van der Waals surface area contributed by atoms with Gasteiger partial charge in [-0.1, -0.05) is 55.8 Å². The molecule has 180 valence electrons. The minimum absolute atomic E-state index is 0.0758. The Kier molecular flexibility index (Phi) is 6.82. The molecule has 1 aliphatic heterocycles. The molecule has 2 aliphatic rings. The summed E-state index contributed by atoms with van der Waals surface area (Å²) in [6.07, 6.45) is 4.54. The van der Waals surface area contributed by atoms with Crippen molar-refractivity contribution in [2.75, 3.05) is 12.0 Å². The Morgan fingerprint density at radius 2 is 1.86 bits per heavy atom. The Morgan fingerprint density at radius 1 is 1.03 bits per heavy atom. The smallest absolute Gasteiger partial charge is 0.259 e. The van der Waals surface area contributed by atoms with Gasteiger partial charge < -0.3 is 15.0 Å². The van der Waals surface area contributed by atoms with Crippen molar-refractivity contribution in [1.82, 2.24) is 5.32 Å². The van der Waals surface area contributed by atoms with Crippen molar-refractivity contribution >= 4 is 29.3 Å². The van der Waals surface area contributed by atoms with E-state index in [0.29, 0.717) is 23.6 Å². The molecular weight excluding hydrogens is 456 g/mol. The number of carbonyl (C=O) groups is 2. The molecule has 1 saturated carbocycles. The summed E-state index contributed by atoms with van der Waals surface area (Å²) in [6, 6.07) is 21.3. The van der Waals surface area contributed by atoms with Crippen LogP contribution in [-0.4, -0.2) is 25.0 Å². The predicted octanol–water partition coefficient (Wildman–Crippen LogP) is 6.32. The van der Waals surface area contributed by atoms with Crippen molar-refractivity contribution in [2.45, 2.75) is 55.0 Å². The second-order valence-electron chi connectivity index (χ2n) is 9.37. The van der Waals surface area contributed by atoms with Crippen LogP contribution in [0.2, 0.25) is 0 Å². The SMILES string of the molecule is COc1cccc(CN2C(=O)c3ccccc3Sc3ccc(C(=O)N[C@@H]4CCCC[C@@H]4C)cc32)c1. The Bertz CT molecular complexity index is 1260. The lowest BCUT2D eigenvalue weighted by Crippen LogP contribution is -2.41. The van der Waals surface area contributed by atoms with E-state index in [1.165, 1.54) is 6.42 Å². The lowest BCUT2D eigenvalue weighted by Gasteiger charge is -2.29. The second-order valence-corrected chi connectivity index (χ2v) is 10.4. The highest BCUT2D eigenvalue weighted by Gasteiger charge is 2.29. The second kappa shape index (κ2) is 10.2. The molecule has 0 aromatic heterocycles. The van der Waals surface area contributed by atoms with Gasteiger partial charge in [-0.25, -0.2) is 0 Å². The van der Waals surface area contributed by atoms with Crippen LogP contribution in [-0.2, 0) is 6.54 Å². The Morgan fingerprint density at radius 3 is 2.69 bits per heavy atom. The van der Waals surface area contributed by atoms with Crippen LogP contribution in [0.1, 0.15) is 58.9 Å². The van der Waals surface area contributed by atoms with E-state index in [0.717, 1.165) is 46.1 Å². The summed E-state index contributed by atoms with van der Waals surface area (Å²) >= 11 is 1.57. The summed E-state index contributed by atoms with van der Waals surface area (Å²) in [6.45, 7) is 2.59. The fourth-order valence-electron chi connectivity index (χ4n) is 4.95. The number of anilines is 1.